The van der Waals surface area contributed by atoms with Crippen LogP contribution in [0.5, 0.6) is 5.75 Å². The molecule has 3 heterocycles. The molecule has 0 aromatic heterocycles. The maximum absolute atomic E-state index is 13.7. The molecule has 176 valence electrons. The van der Waals surface area contributed by atoms with Crippen LogP contribution in [0.4, 0.5) is 5.69 Å². The number of carboxylic acids is 1. The fourth-order valence-electron chi connectivity index (χ4n) is 5.45. The number of methoxy groups -OCH3 is 1. The highest BCUT2D eigenvalue weighted by atomic mass is 35.5. The van der Waals surface area contributed by atoms with Crippen molar-refractivity contribution in [3.63, 3.8) is 0 Å². The highest BCUT2D eigenvalue weighted by Gasteiger charge is 2.70. The summed E-state index contributed by atoms with van der Waals surface area (Å²) in [7, 11) is 1.55. The van der Waals surface area contributed by atoms with Crippen LogP contribution in [-0.4, -0.2) is 46.8 Å². The molecule has 2 saturated heterocycles. The molecule has 2 aromatic carbocycles. The number of imide groups is 1. The summed E-state index contributed by atoms with van der Waals surface area (Å²) in [5, 5.41) is 15.5. The fraction of sp³-hybridized carbons (Fsp3) is 0.333. The third-order valence-corrected chi connectivity index (χ3v) is 7.27. The van der Waals surface area contributed by atoms with Crippen LogP contribution >= 0.6 is 11.6 Å². The van der Waals surface area contributed by atoms with Crippen LogP contribution in [0.25, 0.3) is 0 Å². The Bertz CT molecular complexity index is 1220. The van der Waals surface area contributed by atoms with E-state index in [0.29, 0.717) is 22.0 Å². The summed E-state index contributed by atoms with van der Waals surface area (Å²) in [6.45, 7) is 0.0421. The predicted octanol–water partition coefficient (Wildman–Crippen LogP) is 2.13. The molecule has 5 rings (SSSR count). The number of halogens is 1. The second-order valence-electron chi connectivity index (χ2n) is 8.72. The number of likely N-dealkylation sites (tertiary alicyclic amines) is 1. The first kappa shape index (κ1) is 22.4. The number of amides is 3. The lowest BCUT2D eigenvalue weighted by Crippen LogP contribution is -2.53. The van der Waals surface area contributed by atoms with E-state index >= 15 is 0 Å². The van der Waals surface area contributed by atoms with E-state index in [1.165, 1.54) is 4.90 Å². The van der Waals surface area contributed by atoms with Gasteiger partial charge in [0.05, 0.1) is 36.2 Å². The van der Waals surface area contributed by atoms with Crippen molar-refractivity contribution in [2.24, 2.45) is 11.8 Å². The van der Waals surface area contributed by atoms with E-state index in [4.69, 9.17) is 16.3 Å². The van der Waals surface area contributed by atoms with E-state index in [1.807, 2.05) is 0 Å². The van der Waals surface area contributed by atoms with Gasteiger partial charge < -0.3 is 15.2 Å². The van der Waals surface area contributed by atoms with Crippen molar-refractivity contribution >= 4 is 41.0 Å². The molecule has 0 unspecified atom stereocenters. The van der Waals surface area contributed by atoms with Gasteiger partial charge >= 0.3 is 5.97 Å². The zero-order chi connectivity index (χ0) is 24.2. The van der Waals surface area contributed by atoms with Crippen molar-refractivity contribution in [1.82, 2.24) is 10.2 Å². The van der Waals surface area contributed by atoms with Gasteiger partial charge in [-0.05, 0) is 30.2 Å². The number of benzene rings is 2. The molecular weight excluding hydrogens is 462 g/mol. The number of ether oxygens (including phenoxy) is 1. The number of fused-ring (bicyclic) bond motifs is 4. The van der Waals surface area contributed by atoms with Gasteiger partial charge in [0.15, 0.2) is 0 Å². The number of nitrogens with one attached hydrogen (secondary N) is 2. The van der Waals surface area contributed by atoms with Crippen LogP contribution in [0.15, 0.2) is 42.5 Å². The number of hydrogen-bond donors (Lipinski definition) is 3. The first-order valence-corrected chi connectivity index (χ1v) is 11.2. The topological polar surface area (TPSA) is 125 Å². The number of aliphatic carboxylic acids is 1. The highest BCUT2D eigenvalue weighted by molar-refractivity contribution is 6.35. The van der Waals surface area contributed by atoms with E-state index < -0.39 is 47.1 Å². The van der Waals surface area contributed by atoms with E-state index in [0.717, 1.165) is 5.56 Å². The van der Waals surface area contributed by atoms with E-state index in [2.05, 4.69) is 10.6 Å². The monoisotopic (exact) mass is 483 g/mol. The zero-order valence-corrected chi connectivity index (χ0v) is 19.0. The molecule has 3 N–H and O–H groups in total. The van der Waals surface area contributed by atoms with Crippen LogP contribution in [0.2, 0.25) is 5.02 Å². The van der Waals surface area contributed by atoms with Crippen molar-refractivity contribution in [3.8, 4) is 5.75 Å². The quantitative estimate of drug-likeness (QED) is 0.537. The van der Waals surface area contributed by atoms with Gasteiger partial charge in [-0.2, -0.15) is 0 Å². The van der Waals surface area contributed by atoms with Crippen LogP contribution < -0.4 is 15.4 Å². The summed E-state index contributed by atoms with van der Waals surface area (Å²) in [5.74, 6) is -3.64. The molecule has 1 spiro atoms. The normalized spacial score (nSPS) is 27.2. The summed E-state index contributed by atoms with van der Waals surface area (Å²) in [4.78, 5) is 53.1. The lowest BCUT2D eigenvalue weighted by atomic mass is 9.76. The molecule has 4 atom stereocenters. The number of carbonyl (C=O) groups excluding carboxylic acids is 3. The van der Waals surface area contributed by atoms with Crippen molar-refractivity contribution in [1.29, 1.82) is 0 Å². The summed E-state index contributed by atoms with van der Waals surface area (Å²) in [6.07, 6.45) is -0.113. The van der Waals surface area contributed by atoms with E-state index in [-0.39, 0.29) is 19.4 Å². The second-order valence-corrected chi connectivity index (χ2v) is 9.13. The smallest absolute Gasteiger partial charge is 0.303 e. The molecule has 0 aliphatic carbocycles. The molecular formula is C24H22ClN3O6. The molecule has 0 saturated carbocycles. The van der Waals surface area contributed by atoms with Gasteiger partial charge in [-0.15, -0.1) is 0 Å². The first-order chi connectivity index (χ1) is 16.3. The van der Waals surface area contributed by atoms with E-state index in [1.54, 1.807) is 49.6 Å². The third kappa shape index (κ3) is 3.19. The van der Waals surface area contributed by atoms with Gasteiger partial charge in [0.1, 0.15) is 11.3 Å². The van der Waals surface area contributed by atoms with Gasteiger partial charge in [-0.3, -0.25) is 29.4 Å². The number of nitrogens with zero attached hydrogens (tertiary/aromatic N) is 1. The molecule has 2 fully saturated rings. The van der Waals surface area contributed by atoms with Crippen molar-refractivity contribution in [2.75, 3.05) is 12.4 Å². The Morgan fingerprint density at radius 3 is 2.56 bits per heavy atom. The van der Waals surface area contributed by atoms with Crippen LogP contribution in [0.1, 0.15) is 24.0 Å². The van der Waals surface area contributed by atoms with Crippen molar-refractivity contribution < 1.29 is 29.0 Å². The molecule has 9 nitrogen and oxygen atoms in total. The number of para-hydroxylation sites is 1. The fourth-order valence-corrected chi connectivity index (χ4v) is 5.67. The lowest BCUT2D eigenvalue weighted by Gasteiger charge is -2.29. The van der Waals surface area contributed by atoms with Crippen LogP contribution in [-0.2, 0) is 31.3 Å². The number of anilines is 1. The minimum atomic E-state index is -1.50. The molecule has 3 amide bonds. The minimum absolute atomic E-state index is 0.0421. The predicted molar refractivity (Wildman–Crippen MR) is 121 cm³/mol. The van der Waals surface area contributed by atoms with E-state index in [9.17, 15) is 24.3 Å². The number of carboxylic acid groups (broad SMARTS) is 1. The third-order valence-electron chi connectivity index (χ3n) is 6.96. The minimum Gasteiger partial charge on any atom is -0.497 e. The van der Waals surface area contributed by atoms with Gasteiger partial charge in [-0.25, -0.2) is 0 Å². The summed E-state index contributed by atoms with van der Waals surface area (Å²) in [6, 6.07) is 11.3. The second kappa shape index (κ2) is 8.11. The Morgan fingerprint density at radius 2 is 1.88 bits per heavy atom. The first-order valence-electron chi connectivity index (χ1n) is 10.9. The molecule has 10 heteroatoms. The Kier molecular flexibility index (Phi) is 5.33. The number of rotatable bonds is 6. The zero-order valence-electron chi connectivity index (χ0n) is 18.2. The molecule has 2 aromatic rings. The number of carbonyl (C=O) groups is 4. The number of hydrogen-bond acceptors (Lipinski definition) is 6. The van der Waals surface area contributed by atoms with Gasteiger partial charge in [0.2, 0.25) is 17.7 Å². The van der Waals surface area contributed by atoms with Gasteiger partial charge in [-0.1, -0.05) is 35.9 Å². The Labute approximate surface area is 200 Å². The molecule has 3 aliphatic heterocycles. The summed E-state index contributed by atoms with van der Waals surface area (Å²) in [5.41, 5.74) is 0.111. The molecule has 34 heavy (non-hydrogen) atoms. The lowest BCUT2D eigenvalue weighted by molar-refractivity contribution is -0.144. The maximum atomic E-state index is 13.7. The van der Waals surface area contributed by atoms with Crippen molar-refractivity contribution in [2.45, 2.75) is 31.0 Å². The van der Waals surface area contributed by atoms with Crippen LogP contribution in [0.3, 0.4) is 0 Å². The summed E-state index contributed by atoms with van der Waals surface area (Å²) < 4.78 is 5.16. The Balaban J connectivity index is 1.56. The van der Waals surface area contributed by atoms with Gasteiger partial charge in [0.25, 0.3) is 0 Å². The molecule has 3 aliphatic rings. The Morgan fingerprint density at radius 1 is 1.15 bits per heavy atom. The average molecular weight is 484 g/mol. The Hall–Kier alpha value is -3.43. The molecule has 0 radical (unpaired) electrons. The average Bonchev–Trinajstić information content (AvgIpc) is 3.40. The highest BCUT2D eigenvalue weighted by Crippen LogP contribution is 2.54. The summed E-state index contributed by atoms with van der Waals surface area (Å²) >= 11 is 6.31. The standard InChI is InChI=1S/C24H22ClN3O6/c1-34-13-7-5-12(6-8-13)11-28-21(31)18-16(9-10-17(29)30)27-24(19(18)22(28)32)14-3-2-4-15(25)20(14)26-23(24)33/h2-8,16,18-19,27H,9-11H2,1H3,(H,26,33)(H,29,30)/t16-,18-,19+,24+/m1/s1. The largest absolute Gasteiger partial charge is 0.497 e. The maximum Gasteiger partial charge on any atom is 0.303 e. The SMILES string of the molecule is COc1ccc(CN2C(=O)[C@H]3[C@@H](C2=O)[C@]2(N[C@@H]3CCC(=O)O)C(=O)Nc3c(Cl)cccc32)cc1. The molecule has 0 bridgehead atoms. The van der Waals surface area contributed by atoms with Gasteiger partial charge in [0, 0.05) is 18.0 Å². The van der Waals surface area contributed by atoms with Crippen molar-refractivity contribution in [3.05, 3.63) is 58.6 Å². The van der Waals surface area contributed by atoms with Crippen LogP contribution in [0, 0.1) is 11.8 Å².